The second-order valence-electron chi connectivity index (χ2n) is 3.65. The lowest BCUT2D eigenvalue weighted by Crippen LogP contribution is -2.10. The number of aliphatic hydroxyl groups is 1. The molecule has 2 heterocycles. The molecule has 0 saturated heterocycles. The average molecular weight is 217 g/mol. The van der Waals surface area contributed by atoms with Crippen LogP contribution in [0.1, 0.15) is 30.1 Å². The highest BCUT2D eigenvalue weighted by Gasteiger charge is 2.17. The number of nitrogens with zero attached hydrogens (tertiary/aromatic N) is 3. The minimum Gasteiger partial charge on any atom is -0.380 e. The highest BCUT2D eigenvalue weighted by atomic mass is 16.3. The van der Waals surface area contributed by atoms with Crippen LogP contribution in [0.15, 0.2) is 30.7 Å². The first kappa shape index (κ1) is 10.8. The summed E-state index contributed by atoms with van der Waals surface area (Å²) >= 11 is 0. The summed E-state index contributed by atoms with van der Waals surface area (Å²) in [5.41, 5.74) is 1.64. The van der Waals surface area contributed by atoms with Crippen molar-refractivity contribution in [3.05, 3.63) is 47.8 Å². The molecule has 0 fully saturated rings. The quantitative estimate of drug-likeness (QED) is 0.851. The van der Waals surface area contributed by atoms with Crippen LogP contribution in [0.3, 0.4) is 0 Å². The summed E-state index contributed by atoms with van der Waals surface area (Å²) in [6.07, 6.45) is 4.58. The van der Waals surface area contributed by atoms with Gasteiger partial charge < -0.3 is 9.67 Å². The Bertz CT molecular complexity index is 479. The van der Waals surface area contributed by atoms with E-state index in [-0.39, 0.29) is 0 Å². The van der Waals surface area contributed by atoms with Gasteiger partial charge >= 0.3 is 0 Å². The molecule has 0 amide bonds. The maximum absolute atomic E-state index is 10.3. The molecule has 84 valence electrons. The second kappa shape index (κ2) is 4.45. The molecule has 0 radical (unpaired) electrons. The molecule has 2 aromatic rings. The minimum atomic E-state index is -0.705. The van der Waals surface area contributed by atoms with Crippen molar-refractivity contribution in [3.63, 3.8) is 0 Å². The Morgan fingerprint density at radius 1 is 1.38 bits per heavy atom. The van der Waals surface area contributed by atoms with Gasteiger partial charge in [-0.05, 0) is 19.9 Å². The molecule has 0 aliphatic carbocycles. The van der Waals surface area contributed by atoms with Crippen molar-refractivity contribution >= 4 is 0 Å². The van der Waals surface area contributed by atoms with Crippen LogP contribution >= 0.6 is 0 Å². The van der Waals surface area contributed by atoms with Crippen molar-refractivity contribution in [1.29, 1.82) is 0 Å². The second-order valence-corrected chi connectivity index (χ2v) is 3.65. The summed E-state index contributed by atoms with van der Waals surface area (Å²) in [5, 5.41) is 10.3. The highest BCUT2D eigenvalue weighted by molar-refractivity contribution is 5.26. The molecule has 16 heavy (non-hydrogen) atoms. The lowest BCUT2D eigenvalue weighted by molar-refractivity contribution is 0.203. The number of hydrogen-bond acceptors (Lipinski definition) is 3. The fourth-order valence-electron chi connectivity index (χ4n) is 1.76. The van der Waals surface area contributed by atoms with Crippen LogP contribution < -0.4 is 0 Å². The Kier molecular flexibility index (Phi) is 3.01. The Balaban J connectivity index is 2.39. The summed E-state index contributed by atoms with van der Waals surface area (Å²) in [5.74, 6) is 0.665. The molecular formula is C12H15N3O. The van der Waals surface area contributed by atoms with Crippen LogP contribution in [0.5, 0.6) is 0 Å². The molecule has 0 saturated carbocycles. The summed E-state index contributed by atoms with van der Waals surface area (Å²) in [6, 6.07) is 3.70. The van der Waals surface area contributed by atoms with Crippen LogP contribution in [-0.2, 0) is 6.54 Å². The normalized spacial score (nSPS) is 12.7. The van der Waals surface area contributed by atoms with Crippen molar-refractivity contribution in [2.75, 3.05) is 0 Å². The number of aromatic nitrogens is 3. The fourth-order valence-corrected chi connectivity index (χ4v) is 1.76. The average Bonchev–Trinajstić information content (AvgIpc) is 2.77. The van der Waals surface area contributed by atoms with Crippen LogP contribution in [0.2, 0.25) is 0 Å². The molecule has 1 unspecified atom stereocenters. The minimum absolute atomic E-state index is 0.665. The van der Waals surface area contributed by atoms with Crippen molar-refractivity contribution in [3.8, 4) is 0 Å². The third kappa shape index (κ3) is 1.84. The zero-order valence-corrected chi connectivity index (χ0v) is 9.46. The largest absolute Gasteiger partial charge is 0.380 e. The number of hydrogen-bond donors (Lipinski definition) is 1. The van der Waals surface area contributed by atoms with Crippen LogP contribution in [0.25, 0.3) is 0 Å². The van der Waals surface area contributed by atoms with Crippen LogP contribution in [0, 0.1) is 6.92 Å². The van der Waals surface area contributed by atoms with Crippen molar-refractivity contribution < 1.29 is 5.11 Å². The third-order valence-corrected chi connectivity index (χ3v) is 2.68. The first-order chi connectivity index (χ1) is 7.74. The molecule has 4 heteroatoms. The molecule has 1 atom stereocenters. The SMILES string of the molecule is CCn1ccnc1C(O)c1cccnc1C. The first-order valence-electron chi connectivity index (χ1n) is 5.34. The number of rotatable bonds is 3. The van der Waals surface area contributed by atoms with E-state index in [4.69, 9.17) is 0 Å². The van der Waals surface area contributed by atoms with Gasteiger partial charge in [-0.1, -0.05) is 6.07 Å². The third-order valence-electron chi connectivity index (χ3n) is 2.68. The predicted molar refractivity (Wildman–Crippen MR) is 60.9 cm³/mol. The zero-order chi connectivity index (χ0) is 11.5. The van der Waals surface area contributed by atoms with E-state index in [1.165, 1.54) is 0 Å². The first-order valence-corrected chi connectivity index (χ1v) is 5.34. The predicted octanol–water partition coefficient (Wildman–Crippen LogP) is 1.69. The molecule has 0 aliphatic rings. The Morgan fingerprint density at radius 2 is 2.19 bits per heavy atom. The van der Waals surface area contributed by atoms with E-state index in [0.717, 1.165) is 17.8 Å². The molecule has 2 aromatic heterocycles. The standard InChI is InChI=1S/C12H15N3O/c1-3-15-8-7-14-12(15)11(16)10-5-4-6-13-9(10)2/h4-8,11,16H,3H2,1-2H3. The molecule has 0 bridgehead atoms. The number of imidazole rings is 1. The summed E-state index contributed by atoms with van der Waals surface area (Å²) < 4.78 is 1.93. The van der Waals surface area contributed by atoms with Crippen LogP contribution in [0.4, 0.5) is 0 Å². The van der Waals surface area contributed by atoms with E-state index in [1.807, 2.05) is 36.7 Å². The maximum Gasteiger partial charge on any atom is 0.142 e. The summed E-state index contributed by atoms with van der Waals surface area (Å²) in [6.45, 7) is 4.71. The van der Waals surface area contributed by atoms with Gasteiger partial charge in [-0.15, -0.1) is 0 Å². The van der Waals surface area contributed by atoms with E-state index in [2.05, 4.69) is 9.97 Å². The molecule has 0 spiro atoms. The molecule has 0 aromatic carbocycles. The smallest absolute Gasteiger partial charge is 0.142 e. The number of aliphatic hydroxyl groups excluding tert-OH is 1. The van der Waals surface area contributed by atoms with Crippen LogP contribution in [-0.4, -0.2) is 19.6 Å². The summed E-state index contributed by atoms with van der Waals surface area (Å²) in [7, 11) is 0. The van der Waals surface area contributed by atoms with E-state index in [0.29, 0.717) is 5.82 Å². The van der Waals surface area contributed by atoms with E-state index in [1.54, 1.807) is 12.4 Å². The van der Waals surface area contributed by atoms with Gasteiger partial charge in [0.25, 0.3) is 0 Å². The van der Waals surface area contributed by atoms with Gasteiger partial charge in [0.05, 0.1) is 0 Å². The maximum atomic E-state index is 10.3. The highest BCUT2D eigenvalue weighted by Crippen LogP contribution is 2.22. The zero-order valence-electron chi connectivity index (χ0n) is 9.46. The van der Waals surface area contributed by atoms with Gasteiger partial charge in [0.1, 0.15) is 11.9 Å². The Hall–Kier alpha value is -1.68. The number of pyridine rings is 1. The fraction of sp³-hybridized carbons (Fsp3) is 0.333. The van der Waals surface area contributed by atoms with Gasteiger partial charge in [0, 0.05) is 36.4 Å². The molecular weight excluding hydrogens is 202 g/mol. The van der Waals surface area contributed by atoms with E-state index >= 15 is 0 Å². The summed E-state index contributed by atoms with van der Waals surface area (Å²) in [4.78, 5) is 8.36. The lowest BCUT2D eigenvalue weighted by Gasteiger charge is -2.13. The molecule has 4 nitrogen and oxygen atoms in total. The van der Waals surface area contributed by atoms with Crippen molar-refractivity contribution in [2.24, 2.45) is 0 Å². The van der Waals surface area contributed by atoms with Gasteiger partial charge in [0.15, 0.2) is 0 Å². The topological polar surface area (TPSA) is 50.9 Å². The van der Waals surface area contributed by atoms with Gasteiger partial charge in [0.2, 0.25) is 0 Å². The molecule has 1 N–H and O–H groups in total. The Morgan fingerprint density at radius 3 is 2.88 bits per heavy atom. The molecule has 2 rings (SSSR count). The number of aryl methyl sites for hydroxylation is 2. The lowest BCUT2D eigenvalue weighted by atomic mass is 10.1. The van der Waals surface area contributed by atoms with Gasteiger partial charge in [-0.25, -0.2) is 4.98 Å². The van der Waals surface area contributed by atoms with E-state index in [9.17, 15) is 5.11 Å². The van der Waals surface area contributed by atoms with Crippen molar-refractivity contribution in [1.82, 2.24) is 14.5 Å². The van der Waals surface area contributed by atoms with Gasteiger partial charge in [-0.2, -0.15) is 0 Å². The Labute approximate surface area is 94.6 Å². The van der Waals surface area contributed by atoms with Gasteiger partial charge in [-0.3, -0.25) is 4.98 Å². The van der Waals surface area contributed by atoms with E-state index < -0.39 is 6.10 Å². The molecule has 0 aliphatic heterocycles. The van der Waals surface area contributed by atoms with Crippen molar-refractivity contribution in [2.45, 2.75) is 26.5 Å². The monoisotopic (exact) mass is 217 g/mol.